The van der Waals surface area contributed by atoms with Crippen LogP contribution in [0.5, 0.6) is 5.75 Å². The van der Waals surface area contributed by atoms with Crippen molar-refractivity contribution in [2.75, 3.05) is 14.2 Å². The fourth-order valence-corrected chi connectivity index (χ4v) is 2.82. The van der Waals surface area contributed by atoms with E-state index in [1.807, 2.05) is 30.3 Å². The minimum absolute atomic E-state index is 0.0823. The minimum atomic E-state index is -0.0823. The van der Waals surface area contributed by atoms with Gasteiger partial charge in [0.05, 0.1) is 12.8 Å². The van der Waals surface area contributed by atoms with Crippen LogP contribution in [0.2, 0.25) is 0 Å². The third-order valence-electron chi connectivity index (χ3n) is 4.13. The van der Waals surface area contributed by atoms with Gasteiger partial charge in [0.25, 0.3) is 5.91 Å². The van der Waals surface area contributed by atoms with E-state index < -0.39 is 0 Å². The predicted molar refractivity (Wildman–Crippen MR) is 92.3 cm³/mol. The van der Waals surface area contributed by atoms with Gasteiger partial charge in [-0.05, 0) is 48.4 Å². The third kappa shape index (κ3) is 2.97. The lowest BCUT2D eigenvalue weighted by atomic mass is 10.1. The highest BCUT2D eigenvalue weighted by atomic mass is 16.5. The standard InChI is InChI=1S/C19H20N2O3/c1-12-18(13(2)24-20-12)19(22)21(3)11-14-5-6-16-10-17(23-4)8-7-15(16)9-14/h5-10H,11H2,1-4H3. The molecule has 3 rings (SSSR count). The van der Waals surface area contributed by atoms with Gasteiger partial charge in [-0.1, -0.05) is 23.4 Å². The van der Waals surface area contributed by atoms with Gasteiger partial charge in [0.15, 0.2) is 0 Å². The van der Waals surface area contributed by atoms with Crippen LogP contribution in [0, 0.1) is 13.8 Å². The topological polar surface area (TPSA) is 55.6 Å². The molecule has 5 heteroatoms. The molecule has 0 aliphatic rings. The summed E-state index contributed by atoms with van der Waals surface area (Å²) >= 11 is 0. The molecule has 0 spiro atoms. The predicted octanol–water partition coefficient (Wildman–Crippen LogP) is 3.73. The molecular weight excluding hydrogens is 304 g/mol. The van der Waals surface area contributed by atoms with Gasteiger partial charge in [-0.25, -0.2) is 0 Å². The number of benzene rings is 2. The first-order chi connectivity index (χ1) is 11.5. The van der Waals surface area contributed by atoms with Crippen molar-refractivity contribution in [1.82, 2.24) is 10.1 Å². The number of hydrogen-bond acceptors (Lipinski definition) is 4. The summed E-state index contributed by atoms with van der Waals surface area (Å²) in [7, 11) is 3.44. The molecule has 0 bridgehead atoms. The van der Waals surface area contributed by atoms with Gasteiger partial charge >= 0.3 is 0 Å². The molecule has 1 heterocycles. The van der Waals surface area contributed by atoms with E-state index in [9.17, 15) is 4.79 Å². The van der Waals surface area contributed by atoms with Crippen LogP contribution in [0.25, 0.3) is 10.8 Å². The average Bonchev–Trinajstić information content (AvgIpc) is 2.92. The maximum Gasteiger partial charge on any atom is 0.259 e. The first-order valence-electron chi connectivity index (χ1n) is 7.74. The zero-order chi connectivity index (χ0) is 17.3. The van der Waals surface area contributed by atoms with E-state index in [4.69, 9.17) is 9.26 Å². The van der Waals surface area contributed by atoms with Crippen molar-refractivity contribution in [3.63, 3.8) is 0 Å². The molecule has 1 aromatic heterocycles. The van der Waals surface area contributed by atoms with Crippen LogP contribution in [-0.2, 0) is 6.54 Å². The summed E-state index contributed by atoms with van der Waals surface area (Å²) in [4.78, 5) is 14.3. The summed E-state index contributed by atoms with van der Waals surface area (Å²) in [5.41, 5.74) is 2.23. The number of carbonyl (C=O) groups excluding carboxylic acids is 1. The summed E-state index contributed by atoms with van der Waals surface area (Å²) in [6.45, 7) is 4.05. The minimum Gasteiger partial charge on any atom is -0.497 e. The van der Waals surface area contributed by atoms with Gasteiger partial charge in [0.1, 0.15) is 17.1 Å². The summed E-state index contributed by atoms with van der Waals surface area (Å²) in [6, 6.07) is 12.1. The number of methoxy groups -OCH3 is 1. The van der Waals surface area contributed by atoms with Crippen molar-refractivity contribution in [2.45, 2.75) is 20.4 Å². The fraction of sp³-hybridized carbons (Fsp3) is 0.263. The first-order valence-corrected chi connectivity index (χ1v) is 7.74. The smallest absolute Gasteiger partial charge is 0.259 e. The molecule has 2 aromatic carbocycles. The first kappa shape index (κ1) is 16.1. The molecule has 24 heavy (non-hydrogen) atoms. The molecule has 0 fully saturated rings. The van der Waals surface area contributed by atoms with Crippen molar-refractivity contribution < 1.29 is 14.1 Å². The van der Waals surface area contributed by atoms with Crippen LogP contribution < -0.4 is 4.74 Å². The lowest BCUT2D eigenvalue weighted by Crippen LogP contribution is -2.27. The number of fused-ring (bicyclic) bond motifs is 1. The van der Waals surface area contributed by atoms with E-state index in [1.165, 1.54) is 0 Å². The third-order valence-corrected chi connectivity index (χ3v) is 4.13. The van der Waals surface area contributed by atoms with Crippen molar-refractivity contribution in [3.8, 4) is 5.75 Å². The van der Waals surface area contributed by atoms with Crippen LogP contribution in [0.4, 0.5) is 0 Å². The van der Waals surface area contributed by atoms with Gasteiger partial charge < -0.3 is 14.2 Å². The Kier molecular flexibility index (Phi) is 4.25. The quantitative estimate of drug-likeness (QED) is 0.734. The highest BCUT2D eigenvalue weighted by molar-refractivity contribution is 5.96. The average molecular weight is 324 g/mol. The van der Waals surface area contributed by atoms with Gasteiger partial charge in [0.2, 0.25) is 0 Å². The summed E-state index contributed by atoms with van der Waals surface area (Å²) in [6.07, 6.45) is 0. The second-order valence-corrected chi connectivity index (χ2v) is 5.91. The Bertz CT molecular complexity index is 879. The summed E-state index contributed by atoms with van der Waals surface area (Å²) < 4.78 is 10.3. The molecule has 0 unspecified atom stereocenters. The van der Waals surface area contributed by atoms with Gasteiger partial charge in [-0.15, -0.1) is 0 Å². The van der Waals surface area contributed by atoms with Gasteiger partial charge in [0, 0.05) is 13.6 Å². The molecule has 0 atom stereocenters. The number of rotatable bonds is 4. The van der Waals surface area contributed by atoms with Crippen LogP contribution >= 0.6 is 0 Å². The second kappa shape index (κ2) is 6.35. The fourth-order valence-electron chi connectivity index (χ4n) is 2.82. The molecular formula is C19H20N2O3. The van der Waals surface area contributed by atoms with E-state index in [2.05, 4.69) is 11.2 Å². The van der Waals surface area contributed by atoms with Crippen LogP contribution in [-0.4, -0.2) is 30.1 Å². The van der Waals surface area contributed by atoms with E-state index >= 15 is 0 Å². The molecule has 5 nitrogen and oxygen atoms in total. The molecule has 0 radical (unpaired) electrons. The van der Waals surface area contributed by atoms with Crippen molar-refractivity contribution in [1.29, 1.82) is 0 Å². The number of aryl methyl sites for hydroxylation is 2. The molecule has 124 valence electrons. The SMILES string of the molecule is COc1ccc2cc(CN(C)C(=O)c3c(C)noc3C)ccc2c1. The summed E-state index contributed by atoms with van der Waals surface area (Å²) in [5.74, 6) is 1.30. The molecule has 1 amide bonds. The second-order valence-electron chi connectivity index (χ2n) is 5.91. The molecule has 0 saturated heterocycles. The van der Waals surface area contributed by atoms with Crippen molar-refractivity contribution >= 4 is 16.7 Å². The van der Waals surface area contributed by atoms with Crippen molar-refractivity contribution in [3.05, 3.63) is 59.0 Å². The lowest BCUT2D eigenvalue weighted by Gasteiger charge is -2.17. The monoisotopic (exact) mass is 324 g/mol. The maximum atomic E-state index is 12.6. The largest absolute Gasteiger partial charge is 0.497 e. The maximum absolute atomic E-state index is 12.6. The molecule has 3 aromatic rings. The van der Waals surface area contributed by atoms with E-state index in [1.54, 1.807) is 32.9 Å². The van der Waals surface area contributed by atoms with Crippen LogP contribution in [0.3, 0.4) is 0 Å². The number of ether oxygens (including phenoxy) is 1. The van der Waals surface area contributed by atoms with Crippen LogP contribution in [0.1, 0.15) is 27.4 Å². The Morgan fingerprint density at radius 2 is 1.88 bits per heavy atom. The molecule has 0 aliphatic heterocycles. The molecule has 0 aliphatic carbocycles. The number of hydrogen-bond donors (Lipinski definition) is 0. The number of carbonyl (C=O) groups is 1. The van der Waals surface area contributed by atoms with Crippen molar-refractivity contribution in [2.24, 2.45) is 0 Å². The molecule has 0 saturated carbocycles. The zero-order valence-corrected chi connectivity index (χ0v) is 14.3. The van der Waals surface area contributed by atoms with Gasteiger partial charge in [-0.2, -0.15) is 0 Å². The van der Waals surface area contributed by atoms with Gasteiger partial charge in [-0.3, -0.25) is 4.79 Å². The Hall–Kier alpha value is -2.82. The Balaban J connectivity index is 1.82. The van der Waals surface area contributed by atoms with E-state index in [0.717, 1.165) is 22.1 Å². The normalized spacial score (nSPS) is 10.8. The Labute approximate surface area is 140 Å². The molecule has 0 N–H and O–H groups in total. The van der Waals surface area contributed by atoms with E-state index in [-0.39, 0.29) is 5.91 Å². The number of aromatic nitrogens is 1. The summed E-state index contributed by atoms with van der Waals surface area (Å²) in [5, 5.41) is 6.08. The Morgan fingerprint density at radius 3 is 2.54 bits per heavy atom. The zero-order valence-electron chi connectivity index (χ0n) is 14.3. The van der Waals surface area contributed by atoms with Crippen LogP contribution in [0.15, 0.2) is 40.9 Å². The highest BCUT2D eigenvalue weighted by Gasteiger charge is 2.21. The lowest BCUT2D eigenvalue weighted by molar-refractivity contribution is 0.0783. The Morgan fingerprint density at radius 1 is 1.17 bits per heavy atom. The number of nitrogens with zero attached hydrogens (tertiary/aromatic N) is 2. The number of amides is 1. The highest BCUT2D eigenvalue weighted by Crippen LogP contribution is 2.23. The van der Waals surface area contributed by atoms with E-state index in [0.29, 0.717) is 23.6 Å².